The third-order valence-electron chi connectivity index (χ3n) is 2.71. The zero-order chi connectivity index (χ0) is 12.1. The standard InChI is InChI=1S/C9H21N2O2Si2/c1-9(14(2)3,6-10-7-12)8(13)11-15(4)5/h7,14H,6H2,1-5H3,(H,10,12)(H,11,13). The fourth-order valence-corrected chi connectivity index (χ4v) is 3.18. The molecule has 0 saturated carbocycles. The van der Waals surface area contributed by atoms with E-state index in [2.05, 4.69) is 23.4 Å². The number of amides is 2. The molecule has 0 aromatic carbocycles. The Balaban J connectivity index is 4.61. The van der Waals surface area contributed by atoms with Gasteiger partial charge in [-0.15, -0.1) is 0 Å². The zero-order valence-corrected chi connectivity index (χ0v) is 12.3. The average Bonchev–Trinajstić information content (AvgIpc) is 2.12. The second kappa shape index (κ2) is 6.07. The molecule has 2 amide bonds. The molecule has 0 rings (SSSR count). The predicted molar refractivity (Wildman–Crippen MR) is 66.9 cm³/mol. The molecule has 87 valence electrons. The summed E-state index contributed by atoms with van der Waals surface area (Å²) in [6.45, 7) is 10.7. The first-order valence-electron chi connectivity index (χ1n) is 5.13. The molecule has 2 N–H and O–H groups in total. The highest BCUT2D eigenvalue weighted by Crippen LogP contribution is 2.28. The van der Waals surface area contributed by atoms with Crippen molar-refractivity contribution in [3.05, 3.63) is 0 Å². The maximum Gasteiger partial charge on any atom is 0.216 e. The summed E-state index contributed by atoms with van der Waals surface area (Å²) in [5.74, 6) is 0.0948. The summed E-state index contributed by atoms with van der Waals surface area (Å²) in [4.78, 5) is 25.3. The minimum absolute atomic E-state index is 0.0948. The lowest BCUT2D eigenvalue weighted by Crippen LogP contribution is -2.49. The number of hydrogen-bond donors (Lipinski definition) is 2. The Morgan fingerprint density at radius 1 is 1.47 bits per heavy atom. The molecule has 0 heterocycles. The third-order valence-corrected chi connectivity index (χ3v) is 6.45. The Hall–Kier alpha value is -0.626. The molecule has 0 fully saturated rings. The minimum Gasteiger partial charge on any atom is -0.382 e. The van der Waals surface area contributed by atoms with Gasteiger partial charge in [0.05, 0.1) is 13.8 Å². The molecule has 0 aromatic rings. The van der Waals surface area contributed by atoms with Crippen molar-refractivity contribution in [3.63, 3.8) is 0 Å². The van der Waals surface area contributed by atoms with E-state index in [4.69, 9.17) is 0 Å². The smallest absolute Gasteiger partial charge is 0.216 e. The Morgan fingerprint density at radius 3 is 2.33 bits per heavy atom. The van der Waals surface area contributed by atoms with Gasteiger partial charge >= 0.3 is 0 Å². The van der Waals surface area contributed by atoms with Gasteiger partial charge in [0.25, 0.3) is 0 Å². The van der Waals surface area contributed by atoms with E-state index in [0.717, 1.165) is 0 Å². The largest absolute Gasteiger partial charge is 0.382 e. The van der Waals surface area contributed by atoms with E-state index in [0.29, 0.717) is 13.0 Å². The lowest BCUT2D eigenvalue weighted by molar-refractivity contribution is -0.122. The summed E-state index contributed by atoms with van der Waals surface area (Å²) in [6, 6.07) is 0. The number of nitrogens with one attached hydrogen (secondary N) is 2. The van der Waals surface area contributed by atoms with Crippen molar-refractivity contribution in [2.24, 2.45) is 0 Å². The van der Waals surface area contributed by atoms with Crippen LogP contribution in [0.1, 0.15) is 6.92 Å². The van der Waals surface area contributed by atoms with Crippen LogP contribution < -0.4 is 10.3 Å². The van der Waals surface area contributed by atoms with Crippen LogP contribution in [0.4, 0.5) is 0 Å². The van der Waals surface area contributed by atoms with Gasteiger partial charge in [0, 0.05) is 6.54 Å². The van der Waals surface area contributed by atoms with Crippen molar-refractivity contribution in [2.45, 2.75) is 38.2 Å². The Kier molecular flexibility index (Phi) is 5.81. The van der Waals surface area contributed by atoms with Gasteiger partial charge in [0.1, 0.15) is 0 Å². The molecule has 15 heavy (non-hydrogen) atoms. The van der Waals surface area contributed by atoms with Crippen LogP contribution in [-0.2, 0) is 9.59 Å². The molecule has 0 aromatic heterocycles. The van der Waals surface area contributed by atoms with Crippen molar-refractivity contribution in [1.82, 2.24) is 10.3 Å². The molecule has 0 aliphatic heterocycles. The average molecular weight is 245 g/mol. The summed E-state index contributed by atoms with van der Waals surface area (Å²) in [5, 5.41) is 2.24. The molecule has 6 heteroatoms. The molecular weight excluding hydrogens is 224 g/mol. The zero-order valence-electron chi connectivity index (χ0n) is 10.2. The number of carbonyl (C=O) groups excluding carboxylic acids is 2. The quantitative estimate of drug-likeness (QED) is 0.524. The lowest BCUT2D eigenvalue weighted by Gasteiger charge is -2.31. The van der Waals surface area contributed by atoms with E-state index in [9.17, 15) is 9.59 Å². The first-order chi connectivity index (χ1) is 6.84. The van der Waals surface area contributed by atoms with E-state index in [1.807, 2.05) is 20.0 Å². The number of carbonyl (C=O) groups is 2. The van der Waals surface area contributed by atoms with Crippen LogP contribution in [0.15, 0.2) is 0 Å². The lowest BCUT2D eigenvalue weighted by atomic mass is 10.1. The summed E-state index contributed by atoms with van der Waals surface area (Å²) >= 11 is 0. The molecule has 0 aliphatic rings. The van der Waals surface area contributed by atoms with Crippen molar-refractivity contribution >= 4 is 30.1 Å². The van der Waals surface area contributed by atoms with Crippen LogP contribution in [0.25, 0.3) is 0 Å². The predicted octanol–water partition coefficient (Wildman–Crippen LogP) is 0.347. The van der Waals surface area contributed by atoms with Crippen LogP contribution in [0.5, 0.6) is 0 Å². The topological polar surface area (TPSA) is 58.2 Å². The van der Waals surface area contributed by atoms with Gasteiger partial charge < -0.3 is 10.3 Å². The van der Waals surface area contributed by atoms with Crippen LogP contribution >= 0.6 is 0 Å². The van der Waals surface area contributed by atoms with Crippen LogP contribution in [0.2, 0.25) is 31.2 Å². The summed E-state index contributed by atoms with van der Waals surface area (Å²) in [5.41, 5.74) is 0. The summed E-state index contributed by atoms with van der Waals surface area (Å²) < 4.78 is 0. The fourth-order valence-electron chi connectivity index (χ4n) is 1.17. The molecule has 0 bridgehead atoms. The Bertz CT molecular complexity index is 234. The SMILES string of the molecule is C[Si](C)NC(=O)C(C)(CNC=O)[SiH](C)C. The van der Waals surface area contributed by atoms with Crippen molar-refractivity contribution < 1.29 is 9.59 Å². The van der Waals surface area contributed by atoms with Gasteiger partial charge in [0.2, 0.25) is 12.3 Å². The molecule has 4 nitrogen and oxygen atoms in total. The minimum atomic E-state index is -1.17. The van der Waals surface area contributed by atoms with Gasteiger partial charge in [-0.1, -0.05) is 33.1 Å². The molecular formula is C9H21N2O2Si2. The highest BCUT2D eigenvalue weighted by molar-refractivity contribution is 6.66. The maximum atomic E-state index is 12.0. The molecule has 1 atom stereocenters. The van der Waals surface area contributed by atoms with Gasteiger partial charge in [0.15, 0.2) is 8.96 Å². The Morgan fingerprint density at radius 2 is 2.00 bits per heavy atom. The molecule has 0 saturated heterocycles. The molecule has 1 unspecified atom stereocenters. The molecule has 0 spiro atoms. The monoisotopic (exact) mass is 245 g/mol. The first kappa shape index (κ1) is 14.4. The van der Waals surface area contributed by atoms with E-state index in [1.54, 1.807) is 0 Å². The second-order valence-electron chi connectivity index (χ2n) is 4.53. The van der Waals surface area contributed by atoms with Crippen molar-refractivity contribution in [3.8, 4) is 0 Å². The number of rotatable bonds is 6. The Labute approximate surface area is 95.1 Å². The van der Waals surface area contributed by atoms with Crippen LogP contribution in [-0.4, -0.2) is 36.6 Å². The molecule has 1 radical (unpaired) electrons. The summed E-state index contributed by atoms with van der Waals surface area (Å²) in [7, 11) is -1.93. The van der Waals surface area contributed by atoms with Gasteiger partial charge in [-0.05, 0) is 0 Å². The maximum absolute atomic E-state index is 12.0. The summed E-state index contributed by atoms with van der Waals surface area (Å²) in [6.07, 6.45) is 0.659. The first-order valence-corrected chi connectivity index (χ1v) is 10.5. The highest BCUT2D eigenvalue weighted by atomic mass is 28.3. The van der Waals surface area contributed by atoms with Gasteiger partial charge in [-0.25, -0.2) is 0 Å². The van der Waals surface area contributed by atoms with Crippen molar-refractivity contribution in [1.29, 1.82) is 0 Å². The van der Waals surface area contributed by atoms with E-state index in [-0.39, 0.29) is 10.9 Å². The number of hydrogen-bond acceptors (Lipinski definition) is 2. The van der Waals surface area contributed by atoms with E-state index >= 15 is 0 Å². The third kappa shape index (κ3) is 4.17. The normalized spacial score (nSPS) is 14.9. The molecule has 0 aliphatic carbocycles. The van der Waals surface area contributed by atoms with E-state index < -0.39 is 17.8 Å². The van der Waals surface area contributed by atoms with Gasteiger partial charge in [-0.2, -0.15) is 0 Å². The fraction of sp³-hybridized carbons (Fsp3) is 0.778. The van der Waals surface area contributed by atoms with Crippen LogP contribution in [0.3, 0.4) is 0 Å². The van der Waals surface area contributed by atoms with Gasteiger partial charge in [-0.3, -0.25) is 9.59 Å². The van der Waals surface area contributed by atoms with Crippen LogP contribution in [0, 0.1) is 0 Å². The second-order valence-corrected chi connectivity index (χ2v) is 10.4. The van der Waals surface area contributed by atoms with Crippen molar-refractivity contribution in [2.75, 3.05) is 6.54 Å². The highest BCUT2D eigenvalue weighted by Gasteiger charge is 2.37. The van der Waals surface area contributed by atoms with E-state index in [1.165, 1.54) is 0 Å².